The third-order valence-electron chi connectivity index (χ3n) is 3.08. The molecule has 1 N–H and O–H groups in total. The van der Waals surface area contributed by atoms with Gasteiger partial charge in [0.25, 0.3) is 0 Å². The van der Waals surface area contributed by atoms with E-state index in [0.717, 1.165) is 17.6 Å². The molecule has 1 fully saturated rings. The quantitative estimate of drug-likeness (QED) is 0.887. The zero-order valence-corrected chi connectivity index (χ0v) is 13.8. The number of anilines is 2. The van der Waals surface area contributed by atoms with Crippen molar-refractivity contribution in [2.24, 2.45) is 0 Å². The van der Waals surface area contributed by atoms with Crippen LogP contribution in [-0.2, 0) is 6.54 Å². The highest BCUT2D eigenvalue weighted by Gasteiger charge is 2.17. The molecule has 0 aromatic carbocycles. The highest BCUT2D eigenvalue weighted by molar-refractivity contribution is 9.10. The molecule has 106 valence electrons. The van der Waals surface area contributed by atoms with E-state index >= 15 is 0 Å². The number of aromatic nitrogens is 3. The van der Waals surface area contributed by atoms with E-state index in [4.69, 9.17) is 11.6 Å². The summed E-state index contributed by atoms with van der Waals surface area (Å²) in [5, 5.41) is 5.47. The average molecular weight is 375 g/mol. The van der Waals surface area contributed by atoms with Crippen molar-refractivity contribution in [3.8, 4) is 0 Å². The Hall–Kier alpha value is -0.920. The monoisotopic (exact) mass is 373 g/mol. The van der Waals surface area contributed by atoms with Gasteiger partial charge in [-0.3, -0.25) is 0 Å². The van der Waals surface area contributed by atoms with E-state index in [1.54, 1.807) is 11.3 Å². The normalized spacial score (nSPS) is 14.8. The van der Waals surface area contributed by atoms with E-state index in [0.29, 0.717) is 18.4 Å². The smallest absolute Gasteiger partial charge is 0.231 e. The second-order valence-corrected chi connectivity index (χ2v) is 6.66. The van der Waals surface area contributed by atoms with Crippen LogP contribution in [0.4, 0.5) is 11.9 Å². The van der Waals surface area contributed by atoms with E-state index < -0.39 is 0 Å². The lowest BCUT2D eigenvalue weighted by Gasteiger charge is -2.15. The molecule has 3 rings (SSSR count). The Balaban J connectivity index is 1.74. The number of hydrogen-bond acceptors (Lipinski definition) is 6. The molecular weight excluding hydrogens is 362 g/mol. The molecule has 0 unspecified atom stereocenters. The minimum absolute atomic E-state index is 0.231. The first-order chi connectivity index (χ1) is 9.72. The summed E-state index contributed by atoms with van der Waals surface area (Å²) in [5.41, 5.74) is 0. The molecule has 1 aliphatic rings. The molecule has 2 aromatic rings. The van der Waals surface area contributed by atoms with Gasteiger partial charge in [-0.05, 0) is 51.8 Å². The zero-order valence-electron chi connectivity index (χ0n) is 10.6. The summed E-state index contributed by atoms with van der Waals surface area (Å²) in [6.07, 6.45) is 2.35. The van der Waals surface area contributed by atoms with Crippen molar-refractivity contribution in [2.75, 3.05) is 23.3 Å². The van der Waals surface area contributed by atoms with Gasteiger partial charge in [0.1, 0.15) is 0 Å². The van der Waals surface area contributed by atoms with Crippen LogP contribution >= 0.6 is 38.9 Å². The topological polar surface area (TPSA) is 53.9 Å². The van der Waals surface area contributed by atoms with E-state index in [1.807, 2.05) is 11.4 Å². The Morgan fingerprint density at radius 3 is 2.80 bits per heavy atom. The van der Waals surface area contributed by atoms with E-state index in [1.165, 1.54) is 17.7 Å². The van der Waals surface area contributed by atoms with Gasteiger partial charge in [-0.15, -0.1) is 11.3 Å². The Kier molecular flexibility index (Phi) is 4.38. The zero-order chi connectivity index (χ0) is 13.9. The summed E-state index contributed by atoms with van der Waals surface area (Å²) in [7, 11) is 0. The van der Waals surface area contributed by atoms with Crippen LogP contribution in [-0.4, -0.2) is 28.0 Å². The number of thiophene rings is 1. The maximum absolute atomic E-state index is 5.98. The van der Waals surface area contributed by atoms with Crippen molar-refractivity contribution in [3.63, 3.8) is 0 Å². The number of halogens is 2. The van der Waals surface area contributed by atoms with Gasteiger partial charge in [0.05, 0.1) is 6.54 Å². The molecule has 3 heterocycles. The van der Waals surface area contributed by atoms with E-state index in [2.05, 4.69) is 41.1 Å². The van der Waals surface area contributed by atoms with Crippen LogP contribution in [0, 0.1) is 0 Å². The lowest BCUT2D eigenvalue weighted by molar-refractivity contribution is 0.877. The van der Waals surface area contributed by atoms with Gasteiger partial charge in [0, 0.05) is 22.4 Å². The van der Waals surface area contributed by atoms with Crippen molar-refractivity contribution in [3.05, 3.63) is 26.1 Å². The van der Waals surface area contributed by atoms with Gasteiger partial charge in [0.2, 0.25) is 17.2 Å². The van der Waals surface area contributed by atoms with Crippen molar-refractivity contribution >= 4 is 50.8 Å². The molecule has 8 heteroatoms. The lowest BCUT2D eigenvalue weighted by Crippen LogP contribution is -2.21. The van der Waals surface area contributed by atoms with Gasteiger partial charge >= 0.3 is 0 Å². The molecule has 5 nitrogen and oxygen atoms in total. The second kappa shape index (κ2) is 6.24. The van der Waals surface area contributed by atoms with Gasteiger partial charge in [-0.2, -0.15) is 15.0 Å². The molecule has 1 saturated heterocycles. The molecule has 0 atom stereocenters. The maximum Gasteiger partial charge on any atom is 0.231 e. The molecule has 2 aromatic heterocycles. The predicted molar refractivity (Wildman–Crippen MR) is 85.6 cm³/mol. The Morgan fingerprint density at radius 1 is 1.30 bits per heavy atom. The summed E-state index contributed by atoms with van der Waals surface area (Å²) in [5.74, 6) is 1.18. The predicted octanol–water partition coefficient (Wildman–Crippen LogP) is 3.56. The van der Waals surface area contributed by atoms with Crippen LogP contribution in [0.5, 0.6) is 0 Å². The molecule has 0 bridgehead atoms. The van der Waals surface area contributed by atoms with Crippen LogP contribution < -0.4 is 10.2 Å². The Morgan fingerprint density at radius 2 is 2.10 bits per heavy atom. The Bertz CT molecular complexity index is 599. The fraction of sp³-hybridized carbons (Fsp3) is 0.417. The Labute approximate surface area is 134 Å². The standard InChI is InChI=1S/C12H13BrClN5S/c13-8-3-6-20-9(8)7-15-11-16-10(14)17-12(18-11)19-4-1-2-5-19/h3,6H,1-2,4-5,7H2,(H,15,16,17,18). The number of hydrogen-bond donors (Lipinski definition) is 1. The highest BCUT2D eigenvalue weighted by Crippen LogP contribution is 2.24. The van der Waals surface area contributed by atoms with Crippen LogP contribution in [0.1, 0.15) is 17.7 Å². The molecule has 0 radical (unpaired) electrons. The van der Waals surface area contributed by atoms with Crippen molar-refractivity contribution < 1.29 is 0 Å². The molecule has 0 saturated carbocycles. The molecular formula is C12H13BrClN5S. The van der Waals surface area contributed by atoms with Crippen LogP contribution in [0.2, 0.25) is 5.28 Å². The first kappa shape index (κ1) is 14.0. The molecule has 0 amide bonds. The molecule has 1 aliphatic heterocycles. The van der Waals surface area contributed by atoms with Gasteiger partial charge in [0.15, 0.2) is 0 Å². The summed E-state index contributed by atoms with van der Waals surface area (Å²) in [4.78, 5) is 16.1. The highest BCUT2D eigenvalue weighted by atomic mass is 79.9. The third kappa shape index (κ3) is 3.21. The minimum Gasteiger partial charge on any atom is -0.349 e. The van der Waals surface area contributed by atoms with Gasteiger partial charge in [-0.1, -0.05) is 0 Å². The summed E-state index contributed by atoms with van der Waals surface area (Å²) < 4.78 is 1.09. The number of nitrogens with zero attached hydrogens (tertiary/aromatic N) is 4. The number of rotatable bonds is 4. The van der Waals surface area contributed by atoms with Crippen LogP contribution in [0.15, 0.2) is 15.9 Å². The summed E-state index contributed by atoms with van der Waals surface area (Å²) >= 11 is 11.2. The number of nitrogens with one attached hydrogen (secondary N) is 1. The molecule has 0 aliphatic carbocycles. The largest absolute Gasteiger partial charge is 0.349 e. The van der Waals surface area contributed by atoms with Crippen LogP contribution in [0.3, 0.4) is 0 Å². The average Bonchev–Trinajstić information content (AvgIpc) is 3.07. The van der Waals surface area contributed by atoms with Crippen molar-refractivity contribution in [2.45, 2.75) is 19.4 Å². The first-order valence-corrected chi connectivity index (χ1v) is 8.40. The van der Waals surface area contributed by atoms with Crippen LogP contribution in [0.25, 0.3) is 0 Å². The second-order valence-electron chi connectivity index (χ2n) is 4.47. The fourth-order valence-corrected chi connectivity index (χ4v) is 3.68. The third-order valence-corrected chi connectivity index (χ3v) is 5.18. The summed E-state index contributed by atoms with van der Waals surface area (Å²) in [6.45, 7) is 2.63. The SMILES string of the molecule is Clc1nc(NCc2sccc2Br)nc(N2CCCC2)n1. The summed E-state index contributed by atoms with van der Waals surface area (Å²) in [6, 6.07) is 2.03. The molecule has 0 spiro atoms. The van der Waals surface area contributed by atoms with Gasteiger partial charge in [-0.25, -0.2) is 0 Å². The van der Waals surface area contributed by atoms with E-state index in [9.17, 15) is 0 Å². The van der Waals surface area contributed by atoms with E-state index in [-0.39, 0.29) is 5.28 Å². The molecule has 20 heavy (non-hydrogen) atoms. The lowest BCUT2D eigenvalue weighted by atomic mass is 10.4. The van der Waals surface area contributed by atoms with Gasteiger partial charge < -0.3 is 10.2 Å². The minimum atomic E-state index is 0.231. The first-order valence-electron chi connectivity index (χ1n) is 6.34. The van der Waals surface area contributed by atoms with Crippen molar-refractivity contribution in [1.29, 1.82) is 0 Å². The maximum atomic E-state index is 5.98. The van der Waals surface area contributed by atoms with Crippen molar-refractivity contribution in [1.82, 2.24) is 15.0 Å². The fourth-order valence-electron chi connectivity index (χ4n) is 2.09.